The van der Waals surface area contributed by atoms with Gasteiger partial charge in [-0.3, -0.25) is 4.79 Å². The lowest BCUT2D eigenvalue weighted by molar-refractivity contribution is -0.123. The molecule has 0 saturated carbocycles. The lowest BCUT2D eigenvalue weighted by Crippen LogP contribution is -2.55. The number of rotatable bonds is 6. The fourth-order valence-corrected chi connectivity index (χ4v) is 1.96. The number of hydrogen-bond donors (Lipinski definition) is 2. The number of amides is 1. The van der Waals surface area contributed by atoms with Crippen LogP contribution in [0.3, 0.4) is 0 Å². The summed E-state index contributed by atoms with van der Waals surface area (Å²) < 4.78 is 5.30. The van der Waals surface area contributed by atoms with Crippen LogP contribution in [0.25, 0.3) is 0 Å². The highest BCUT2D eigenvalue weighted by molar-refractivity contribution is 5.76. The van der Waals surface area contributed by atoms with Crippen molar-refractivity contribution in [1.82, 2.24) is 5.32 Å². The van der Waals surface area contributed by atoms with Crippen LogP contribution >= 0.6 is 0 Å². The van der Waals surface area contributed by atoms with E-state index in [0.29, 0.717) is 24.8 Å². The largest absolute Gasteiger partial charge is 0.381 e. The highest BCUT2D eigenvalue weighted by Crippen LogP contribution is 2.19. The molecule has 0 aromatic heterocycles. The first-order valence-corrected chi connectivity index (χ1v) is 6.56. The smallest absolute Gasteiger partial charge is 0.220 e. The quantitative estimate of drug-likeness (QED) is 0.737. The van der Waals surface area contributed by atoms with Crippen molar-refractivity contribution in [3.63, 3.8) is 0 Å². The fraction of sp³-hybridized carbons (Fsp3) is 0.923. The monoisotopic (exact) mass is 242 g/mol. The number of carbonyl (C=O) groups is 1. The summed E-state index contributed by atoms with van der Waals surface area (Å²) in [6.07, 6.45) is 2.59. The van der Waals surface area contributed by atoms with Crippen LogP contribution in [0.15, 0.2) is 0 Å². The molecule has 1 aliphatic heterocycles. The standard InChI is InChI=1S/C13H26N2O2/c1-10(2)13(3,9-14)15-12(16)5-4-11-6-7-17-8-11/h10-11H,4-9,14H2,1-3H3,(H,15,16). The van der Waals surface area contributed by atoms with Gasteiger partial charge in [0.1, 0.15) is 0 Å². The van der Waals surface area contributed by atoms with Crippen molar-refractivity contribution in [3.8, 4) is 0 Å². The van der Waals surface area contributed by atoms with Crippen LogP contribution in [-0.4, -0.2) is 31.2 Å². The Kier molecular flexibility index (Phi) is 5.40. The Balaban J connectivity index is 2.32. The maximum atomic E-state index is 11.9. The highest BCUT2D eigenvalue weighted by atomic mass is 16.5. The zero-order valence-electron chi connectivity index (χ0n) is 11.3. The number of carbonyl (C=O) groups excluding carboxylic acids is 1. The van der Waals surface area contributed by atoms with E-state index in [4.69, 9.17) is 10.5 Å². The minimum absolute atomic E-state index is 0.110. The number of nitrogens with two attached hydrogens (primary N) is 1. The molecule has 17 heavy (non-hydrogen) atoms. The van der Waals surface area contributed by atoms with Crippen LogP contribution in [0.4, 0.5) is 0 Å². The second kappa shape index (κ2) is 6.36. The zero-order valence-corrected chi connectivity index (χ0v) is 11.3. The normalized spacial score (nSPS) is 23.7. The van der Waals surface area contributed by atoms with E-state index in [1.165, 1.54) is 0 Å². The molecule has 0 bridgehead atoms. The summed E-state index contributed by atoms with van der Waals surface area (Å²) in [6, 6.07) is 0. The molecule has 1 aliphatic rings. The Morgan fingerprint density at radius 1 is 1.59 bits per heavy atom. The van der Waals surface area contributed by atoms with Crippen molar-refractivity contribution in [1.29, 1.82) is 0 Å². The molecule has 0 aromatic rings. The molecule has 100 valence electrons. The van der Waals surface area contributed by atoms with Gasteiger partial charge in [-0.15, -0.1) is 0 Å². The van der Waals surface area contributed by atoms with Crippen LogP contribution in [0, 0.1) is 11.8 Å². The van der Waals surface area contributed by atoms with E-state index in [0.717, 1.165) is 26.1 Å². The third-order valence-electron chi connectivity index (χ3n) is 3.93. The molecule has 0 aromatic carbocycles. The molecular formula is C13H26N2O2. The average molecular weight is 242 g/mol. The van der Waals surface area contributed by atoms with E-state index in [-0.39, 0.29) is 11.4 Å². The van der Waals surface area contributed by atoms with Crippen LogP contribution < -0.4 is 11.1 Å². The minimum atomic E-state index is -0.288. The molecular weight excluding hydrogens is 216 g/mol. The van der Waals surface area contributed by atoms with E-state index in [9.17, 15) is 4.79 Å². The Morgan fingerprint density at radius 3 is 2.76 bits per heavy atom. The van der Waals surface area contributed by atoms with Crippen LogP contribution in [0.2, 0.25) is 0 Å². The maximum Gasteiger partial charge on any atom is 0.220 e. The first kappa shape index (κ1) is 14.5. The molecule has 4 nitrogen and oxygen atoms in total. The van der Waals surface area contributed by atoms with Gasteiger partial charge in [-0.1, -0.05) is 13.8 Å². The van der Waals surface area contributed by atoms with Crippen molar-refractivity contribution in [2.75, 3.05) is 19.8 Å². The highest BCUT2D eigenvalue weighted by Gasteiger charge is 2.28. The van der Waals surface area contributed by atoms with Crippen LogP contribution in [0.1, 0.15) is 40.0 Å². The molecule has 1 rings (SSSR count). The topological polar surface area (TPSA) is 64.3 Å². The molecule has 0 aliphatic carbocycles. The zero-order chi connectivity index (χ0) is 12.9. The van der Waals surface area contributed by atoms with Gasteiger partial charge in [0.05, 0.1) is 5.54 Å². The predicted octanol–water partition coefficient (Wildman–Crippen LogP) is 1.29. The average Bonchev–Trinajstić information content (AvgIpc) is 2.78. The molecule has 1 saturated heterocycles. The molecule has 1 amide bonds. The third-order valence-corrected chi connectivity index (χ3v) is 3.93. The van der Waals surface area contributed by atoms with Crippen LogP contribution in [0.5, 0.6) is 0 Å². The van der Waals surface area contributed by atoms with Gasteiger partial charge in [0, 0.05) is 26.2 Å². The van der Waals surface area contributed by atoms with Gasteiger partial charge in [0.25, 0.3) is 0 Å². The summed E-state index contributed by atoms with van der Waals surface area (Å²) in [5, 5.41) is 3.06. The van der Waals surface area contributed by atoms with E-state index < -0.39 is 0 Å². The summed E-state index contributed by atoms with van der Waals surface area (Å²) in [5.74, 6) is 1.01. The maximum absolute atomic E-state index is 11.9. The second-order valence-corrected chi connectivity index (χ2v) is 5.59. The SMILES string of the molecule is CC(C)C(C)(CN)NC(=O)CCC1CCOC1. The van der Waals surface area contributed by atoms with Crippen molar-refractivity contribution in [3.05, 3.63) is 0 Å². The van der Waals surface area contributed by atoms with Gasteiger partial charge < -0.3 is 15.8 Å². The van der Waals surface area contributed by atoms with E-state index in [1.54, 1.807) is 0 Å². The molecule has 0 radical (unpaired) electrons. The van der Waals surface area contributed by atoms with E-state index in [1.807, 2.05) is 6.92 Å². The molecule has 2 unspecified atom stereocenters. The third kappa shape index (κ3) is 4.28. The van der Waals surface area contributed by atoms with Gasteiger partial charge in [0.15, 0.2) is 0 Å². The summed E-state index contributed by atoms with van der Waals surface area (Å²) in [4.78, 5) is 11.9. The van der Waals surface area contributed by atoms with Gasteiger partial charge in [-0.05, 0) is 31.6 Å². The molecule has 1 fully saturated rings. The van der Waals surface area contributed by atoms with Gasteiger partial charge in [0.2, 0.25) is 5.91 Å². The summed E-state index contributed by atoms with van der Waals surface area (Å²) in [7, 11) is 0. The van der Waals surface area contributed by atoms with Gasteiger partial charge in [-0.2, -0.15) is 0 Å². The lowest BCUT2D eigenvalue weighted by atomic mass is 9.88. The first-order chi connectivity index (χ1) is 7.98. The van der Waals surface area contributed by atoms with Gasteiger partial charge in [-0.25, -0.2) is 0 Å². The van der Waals surface area contributed by atoms with Gasteiger partial charge >= 0.3 is 0 Å². The van der Waals surface area contributed by atoms with Crippen molar-refractivity contribution >= 4 is 5.91 Å². The Morgan fingerprint density at radius 2 is 2.29 bits per heavy atom. The molecule has 3 N–H and O–H groups in total. The van der Waals surface area contributed by atoms with Crippen molar-refractivity contribution in [2.45, 2.75) is 45.6 Å². The minimum Gasteiger partial charge on any atom is -0.381 e. The molecule has 4 heteroatoms. The number of nitrogens with one attached hydrogen (secondary N) is 1. The predicted molar refractivity (Wildman–Crippen MR) is 68.6 cm³/mol. The Hall–Kier alpha value is -0.610. The fourth-order valence-electron chi connectivity index (χ4n) is 1.96. The molecule has 2 atom stereocenters. The summed E-state index contributed by atoms with van der Waals surface area (Å²) in [5.41, 5.74) is 5.45. The van der Waals surface area contributed by atoms with Crippen molar-refractivity contribution in [2.24, 2.45) is 17.6 Å². The summed E-state index contributed by atoms with van der Waals surface area (Å²) in [6.45, 7) is 8.30. The lowest BCUT2D eigenvalue weighted by Gasteiger charge is -2.33. The first-order valence-electron chi connectivity index (χ1n) is 6.56. The second-order valence-electron chi connectivity index (χ2n) is 5.59. The van der Waals surface area contributed by atoms with E-state index in [2.05, 4.69) is 19.2 Å². The molecule has 0 spiro atoms. The Labute approximate surface area is 104 Å². The Bertz CT molecular complexity index is 250. The van der Waals surface area contributed by atoms with Crippen molar-refractivity contribution < 1.29 is 9.53 Å². The van der Waals surface area contributed by atoms with E-state index >= 15 is 0 Å². The number of hydrogen-bond acceptors (Lipinski definition) is 3. The molecule has 1 heterocycles. The summed E-state index contributed by atoms with van der Waals surface area (Å²) >= 11 is 0. The van der Waals surface area contributed by atoms with Crippen LogP contribution in [-0.2, 0) is 9.53 Å². The number of ether oxygens (including phenoxy) is 1.